The summed E-state index contributed by atoms with van der Waals surface area (Å²) < 4.78 is 10.7. The van der Waals surface area contributed by atoms with Crippen molar-refractivity contribution < 1.29 is 18.7 Å². The molecule has 2 heterocycles. The quantitative estimate of drug-likeness (QED) is 0.513. The minimum atomic E-state index is -0.461. The van der Waals surface area contributed by atoms with Crippen LogP contribution >= 0.6 is 11.3 Å². The van der Waals surface area contributed by atoms with Crippen molar-refractivity contribution in [2.24, 2.45) is 0 Å². The highest BCUT2D eigenvalue weighted by Crippen LogP contribution is 2.30. The highest BCUT2D eigenvalue weighted by molar-refractivity contribution is 7.09. The van der Waals surface area contributed by atoms with Crippen LogP contribution in [0.15, 0.2) is 64.6 Å². The van der Waals surface area contributed by atoms with Crippen LogP contribution < -0.4 is 5.32 Å². The Morgan fingerprint density at radius 1 is 1.07 bits per heavy atom. The van der Waals surface area contributed by atoms with Crippen molar-refractivity contribution in [2.45, 2.75) is 13.0 Å². The van der Waals surface area contributed by atoms with Gasteiger partial charge in [-0.25, -0.2) is 0 Å². The predicted molar refractivity (Wildman–Crippen MR) is 105 cm³/mol. The first-order chi connectivity index (χ1) is 13.2. The zero-order valence-electron chi connectivity index (χ0n) is 14.4. The van der Waals surface area contributed by atoms with Crippen LogP contribution in [0.25, 0.3) is 21.7 Å². The van der Waals surface area contributed by atoms with Gasteiger partial charge in [0.2, 0.25) is 0 Å². The molecule has 0 aliphatic heterocycles. The molecule has 6 heteroatoms. The van der Waals surface area contributed by atoms with Crippen LogP contribution in [0.2, 0.25) is 0 Å². The van der Waals surface area contributed by atoms with Crippen LogP contribution in [0.5, 0.6) is 0 Å². The fourth-order valence-electron chi connectivity index (χ4n) is 3.01. The topological polar surface area (TPSA) is 68.5 Å². The van der Waals surface area contributed by atoms with Crippen molar-refractivity contribution in [3.8, 4) is 0 Å². The Kier molecular flexibility index (Phi) is 4.89. The van der Waals surface area contributed by atoms with E-state index in [-0.39, 0.29) is 18.9 Å². The van der Waals surface area contributed by atoms with Gasteiger partial charge in [0, 0.05) is 15.8 Å². The van der Waals surface area contributed by atoms with Crippen LogP contribution in [-0.4, -0.2) is 18.5 Å². The van der Waals surface area contributed by atoms with Gasteiger partial charge in [0.25, 0.3) is 5.91 Å². The molecule has 0 unspecified atom stereocenters. The number of hydrogen-bond donors (Lipinski definition) is 1. The number of fused-ring (bicyclic) bond motifs is 3. The molecule has 4 aromatic rings. The molecular weight excluding hydrogens is 362 g/mol. The number of hydrogen-bond acceptors (Lipinski definition) is 5. The molecule has 0 saturated heterocycles. The van der Waals surface area contributed by atoms with E-state index in [9.17, 15) is 9.59 Å². The van der Waals surface area contributed by atoms with Crippen molar-refractivity contribution in [2.75, 3.05) is 6.61 Å². The summed E-state index contributed by atoms with van der Waals surface area (Å²) in [5.74, 6) is -0.781. The Balaban J connectivity index is 1.39. The Hall–Kier alpha value is -3.12. The minimum absolute atomic E-state index is 0.0548. The number of benzene rings is 2. The summed E-state index contributed by atoms with van der Waals surface area (Å²) in [6, 6.07) is 15.7. The zero-order valence-corrected chi connectivity index (χ0v) is 15.3. The molecular formula is C21H17NO4S. The maximum atomic E-state index is 12.2. The molecule has 0 bridgehead atoms. The van der Waals surface area contributed by atoms with Gasteiger partial charge in [0.05, 0.1) is 19.2 Å². The second-order valence-corrected chi connectivity index (χ2v) is 7.15. The van der Waals surface area contributed by atoms with Crippen molar-refractivity contribution in [3.63, 3.8) is 0 Å². The second kappa shape index (κ2) is 7.63. The maximum absolute atomic E-state index is 12.2. The van der Waals surface area contributed by atoms with Crippen LogP contribution in [0.4, 0.5) is 0 Å². The van der Waals surface area contributed by atoms with E-state index >= 15 is 0 Å². The third kappa shape index (κ3) is 3.85. The molecule has 0 spiro atoms. The Morgan fingerprint density at radius 2 is 1.96 bits per heavy atom. The van der Waals surface area contributed by atoms with Gasteiger partial charge in [-0.2, -0.15) is 0 Å². The van der Waals surface area contributed by atoms with E-state index in [0.29, 0.717) is 6.54 Å². The van der Waals surface area contributed by atoms with E-state index in [1.54, 1.807) is 17.6 Å². The van der Waals surface area contributed by atoms with Gasteiger partial charge in [-0.05, 0) is 28.3 Å². The monoisotopic (exact) mass is 379 g/mol. The number of carbonyl (C=O) groups excluding carboxylic acids is 2. The fourth-order valence-corrected chi connectivity index (χ4v) is 3.65. The highest BCUT2D eigenvalue weighted by atomic mass is 32.1. The van der Waals surface area contributed by atoms with Crippen LogP contribution in [0.3, 0.4) is 0 Å². The van der Waals surface area contributed by atoms with Crippen molar-refractivity contribution >= 4 is 45.0 Å². The fraction of sp³-hybridized carbons (Fsp3) is 0.143. The molecule has 0 aliphatic rings. The number of furan rings is 1. The number of rotatable bonds is 6. The zero-order chi connectivity index (χ0) is 18.6. The average molecular weight is 379 g/mol. The molecule has 2 aromatic carbocycles. The van der Waals surface area contributed by atoms with Gasteiger partial charge in [0.1, 0.15) is 5.58 Å². The van der Waals surface area contributed by atoms with Crippen LogP contribution in [0, 0.1) is 0 Å². The summed E-state index contributed by atoms with van der Waals surface area (Å²) in [6.45, 7) is 0.146. The molecule has 0 radical (unpaired) electrons. The minimum Gasteiger partial charge on any atom is -0.464 e. The molecule has 0 aliphatic carbocycles. The molecule has 4 rings (SSSR count). The summed E-state index contributed by atoms with van der Waals surface area (Å²) in [6.07, 6.45) is 1.63. The molecule has 2 aromatic heterocycles. The standard InChI is InChI=1S/C21H17NO4S/c23-19(22-11-16-5-3-9-27-16)13-26-20(24)10-15-12-25-18-8-7-14-4-1-2-6-17(14)21(15)18/h1-9,12H,10-11,13H2,(H,22,23). The second-order valence-electron chi connectivity index (χ2n) is 6.11. The van der Waals surface area contributed by atoms with E-state index in [0.717, 1.165) is 32.2 Å². The van der Waals surface area contributed by atoms with Gasteiger partial charge in [-0.15, -0.1) is 11.3 Å². The molecule has 0 atom stereocenters. The molecule has 5 nitrogen and oxygen atoms in total. The largest absolute Gasteiger partial charge is 0.464 e. The van der Waals surface area contributed by atoms with E-state index in [2.05, 4.69) is 5.32 Å². The number of thiophene rings is 1. The lowest BCUT2D eigenvalue weighted by Gasteiger charge is -2.06. The Bertz CT molecular complexity index is 1100. The number of carbonyl (C=O) groups is 2. The molecule has 136 valence electrons. The smallest absolute Gasteiger partial charge is 0.310 e. The summed E-state index contributed by atoms with van der Waals surface area (Å²) in [5.41, 5.74) is 1.48. The Morgan fingerprint density at radius 3 is 2.81 bits per heavy atom. The van der Waals surface area contributed by atoms with Crippen LogP contribution in [-0.2, 0) is 27.3 Å². The molecule has 27 heavy (non-hydrogen) atoms. The number of esters is 1. The molecule has 1 N–H and O–H groups in total. The lowest BCUT2D eigenvalue weighted by Crippen LogP contribution is -2.28. The average Bonchev–Trinajstić information content (AvgIpc) is 3.35. The maximum Gasteiger partial charge on any atom is 0.310 e. The van der Waals surface area contributed by atoms with E-state index in [1.165, 1.54) is 0 Å². The SMILES string of the molecule is O=C(COC(=O)Cc1coc2ccc3ccccc3c12)NCc1cccs1. The first-order valence-corrected chi connectivity index (χ1v) is 9.41. The van der Waals surface area contributed by atoms with Gasteiger partial charge in [-0.3, -0.25) is 9.59 Å². The number of amides is 1. The summed E-state index contributed by atoms with van der Waals surface area (Å²) in [5, 5.41) is 7.69. The lowest BCUT2D eigenvalue weighted by molar-refractivity contribution is -0.147. The van der Waals surface area contributed by atoms with Gasteiger partial charge < -0.3 is 14.5 Å². The lowest BCUT2D eigenvalue weighted by atomic mass is 10.0. The predicted octanol–water partition coefficient (Wildman–Crippen LogP) is 4.05. The van der Waals surface area contributed by atoms with Crippen molar-refractivity contribution in [1.29, 1.82) is 0 Å². The summed E-state index contributed by atoms with van der Waals surface area (Å²) in [4.78, 5) is 25.1. The number of ether oxygens (including phenoxy) is 1. The van der Waals surface area contributed by atoms with E-state index in [1.807, 2.05) is 53.9 Å². The summed E-state index contributed by atoms with van der Waals surface area (Å²) in [7, 11) is 0. The van der Waals surface area contributed by atoms with Gasteiger partial charge in [0.15, 0.2) is 6.61 Å². The molecule has 0 fully saturated rings. The van der Waals surface area contributed by atoms with Crippen molar-refractivity contribution in [3.05, 3.63) is 70.6 Å². The summed E-state index contributed by atoms with van der Waals surface area (Å²) >= 11 is 1.56. The third-order valence-electron chi connectivity index (χ3n) is 4.28. The normalized spacial score (nSPS) is 11.0. The van der Waals surface area contributed by atoms with E-state index < -0.39 is 5.97 Å². The first-order valence-electron chi connectivity index (χ1n) is 8.53. The van der Waals surface area contributed by atoms with Crippen molar-refractivity contribution in [1.82, 2.24) is 5.32 Å². The number of nitrogens with one attached hydrogen (secondary N) is 1. The first kappa shape index (κ1) is 17.3. The van der Waals surface area contributed by atoms with Crippen LogP contribution in [0.1, 0.15) is 10.4 Å². The molecule has 1 amide bonds. The highest BCUT2D eigenvalue weighted by Gasteiger charge is 2.15. The van der Waals surface area contributed by atoms with Gasteiger partial charge in [-0.1, -0.05) is 36.4 Å². The van der Waals surface area contributed by atoms with E-state index in [4.69, 9.17) is 9.15 Å². The Labute approximate surface area is 159 Å². The third-order valence-corrected chi connectivity index (χ3v) is 5.16. The van der Waals surface area contributed by atoms with Gasteiger partial charge >= 0.3 is 5.97 Å². The molecule has 0 saturated carbocycles.